The van der Waals surface area contributed by atoms with E-state index >= 15 is 0 Å². The monoisotopic (exact) mass is 404 g/mol. The zero-order chi connectivity index (χ0) is 20.6. The van der Waals surface area contributed by atoms with E-state index in [1.165, 1.54) is 32.4 Å². The molecule has 0 saturated carbocycles. The van der Waals surface area contributed by atoms with Gasteiger partial charge in [-0.05, 0) is 49.2 Å². The Balaban J connectivity index is 2.17. The molecule has 0 fully saturated rings. The largest absolute Gasteiger partial charge is 0.493 e. The van der Waals surface area contributed by atoms with Crippen molar-refractivity contribution >= 4 is 10.0 Å². The quantitative estimate of drug-likeness (QED) is 0.700. The molecule has 0 amide bonds. The zero-order valence-electron chi connectivity index (χ0n) is 15.8. The van der Waals surface area contributed by atoms with Gasteiger partial charge in [0.15, 0.2) is 11.5 Å². The fraction of sp³-hybridized carbons (Fsp3) is 0.211. The third-order valence-electron chi connectivity index (χ3n) is 4.49. The van der Waals surface area contributed by atoms with E-state index in [0.29, 0.717) is 21.2 Å². The van der Waals surface area contributed by atoms with Gasteiger partial charge < -0.3 is 14.6 Å². The van der Waals surface area contributed by atoms with Crippen LogP contribution < -0.4 is 15.2 Å². The molecule has 3 aromatic rings. The van der Waals surface area contributed by atoms with Crippen LogP contribution in [-0.4, -0.2) is 36.3 Å². The van der Waals surface area contributed by atoms with Gasteiger partial charge in [0, 0.05) is 6.07 Å². The summed E-state index contributed by atoms with van der Waals surface area (Å²) in [5, 5.41) is 10.2. The molecule has 0 atom stereocenters. The van der Waals surface area contributed by atoms with Crippen LogP contribution >= 0.6 is 0 Å². The average Bonchev–Trinajstić information content (AvgIpc) is 2.98. The number of hydrogen-bond acceptors (Lipinski definition) is 6. The Morgan fingerprint density at radius 1 is 0.929 bits per heavy atom. The number of aromatic nitrogens is 2. The molecule has 3 rings (SSSR count). The number of benzene rings is 2. The molecule has 0 aliphatic carbocycles. The van der Waals surface area contributed by atoms with Crippen molar-refractivity contribution in [2.45, 2.75) is 18.7 Å². The van der Waals surface area contributed by atoms with Crippen molar-refractivity contribution < 1.29 is 23.0 Å². The van der Waals surface area contributed by atoms with E-state index < -0.39 is 21.6 Å². The molecule has 1 N–H and O–H groups in total. The third kappa shape index (κ3) is 3.13. The minimum Gasteiger partial charge on any atom is -0.493 e. The van der Waals surface area contributed by atoms with E-state index in [0.717, 1.165) is 21.9 Å². The smallest absolute Gasteiger partial charge is 0.350 e. The van der Waals surface area contributed by atoms with Crippen LogP contribution in [0.1, 0.15) is 11.1 Å². The molecule has 2 aromatic carbocycles. The summed E-state index contributed by atoms with van der Waals surface area (Å²) < 4.78 is 37.7. The number of methoxy groups -OCH3 is 2. The van der Waals surface area contributed by atoms with E-state index in [1.54, 1.807) is 25.1 Å². The molecule has 9 heteroatoms. The van der Waals surface area contributed by atoms with Gasteiger partial charge in [0.2, 0.25) is 5.88 Å². The van der Waals surface area contributed by atoms with Crippen molar-refractivity contribution in [2.24, 2.45) is 0 Å². The highest BCUT2D eigenvalue weighted by Gasteiger charge is 2.26. The van der Waals surface area contributed by atoms with Crippen molar-refractivity contribution in [1.29, 1.82) is 0 Å². The van der Waals surface area contributed by atoms with Gasteiger partial charge in [-0.25, -0.2) is 13.2 Å². The van der Waals surface area contributed by atoms with Crippen molar-refractivity contribution in [3.05, 3.63) is 64.2 Å². The van der Waals surface area contributed by atoms with Crippen LogP contribution in [0.3, 0.4) is 0 Å². The molecule has 0 saturated heterocycles. The lowest BCUT2D eigenvalue weighted by Gasteiger charge is -2.10. The van der Waals surface area contributed by atoms with Crippen molar-refractivity contribution in [2.75, 3.05) is 14.2 Å². The van der Waals surface area contributed by atoms with Crippen LogP contribution in [0.15, 0.2) is 52.3 Å². The van der Waals surface area contributed by atoms with Gasteiger partial charge in [0.25, 0.3) is 10.0 Å². The summed E-state index contributed by atoms with van der Waals surface area (Å²) in [6, 6.07) is 9.14. The minimum atomic E-state index is -4.28. The molecule has 0 aliphatic heterocycles. The van der Waals surface area contributed by atoms with Crippen molar-refractivity contribution in [3.8, 4) is 23.1 Å². The van der Waals surface area contributed by atoms with Crippen LogP contribution in [0.4, 0.5) is 0 Å². The molecule has 28 heavy (non-hydrogen) atoms. The molecule has 148 valence electrons. The fourth-order valence-electron chi connectivity index (χ4n) is 2.78. The van der Waals surface area contributed by atoms with Gasteiger partial charge in [-0.15, -0.1) is 3.97 Å². The van der Waals surface area contributed by atoms with Gasteiger partial charge in [-0.1, -0.05) is 6.07 Å². The van der Waals surface area contributed by atoms with E-state index in [4.69, 9.17) is 9.47 Å². The number of hydrogen-bond donors (Lipinski definition) is 1. The normalized spacial score (nSPS) is 11.4. The van der Waals surface area contributed by atoms with Crippen molar-refractivity contribution in [1.82, 2.24) is 8.54 Å². The average molecular weight is 404 g/mol. The molecular weight excluding hydrogens is 384 g/mol. The number of rotatable bonds is 5. The first kappa shape index (κ1) is 19.6. The van der Waals surface area contributed by atoms with Crippen LogP contribution in [0.25, 0.3) is 5.69 Å². The molecule has 0 radical (unpaired) electrons. The van der Waals surface area contributed by atoms with E-state index in [1.807, 2.05) is 6.92 Å². The van der Waals surface area contributed by atoms with Gasteiger partial charge in [-0.2, -0.15) is 0 Å². The minimum absolute atomic E-state index is 0.0851. The third-order valence-corrected chi connectivity index (χ3v) is 6.17. The van der Waals surface area contributed by atoms with E-state index in [-0.39, 0.29) is 4.90 Å². The molecule has 1 heterocycles. The Labute approximate surface area is 162 Å². The number of aryl methyl sites for hydroxylation is 2. The maximum absolute atomic E-state index is 13.0. The van der Waals surface area contributed by atoms with Crippen LogP contribution in [-0.2, 0) is 10.0 Å². The van der Waals surface area contributed by atoms with Crippen LogP contribution in [0.2, 0.25) is 0 Å². The van der Waals surface area contributed by atoms with Gasteiger partial charge in [-0.3, -0.25) is 4.57 Å². The maximum Gasteiger partial charge on any atom is 0.350 e. The topological polar surface area (TPSA) is 99.8 Å². The number of imidazole rings is 1. The summed E-state index contributed by atoms with van der Waals surface area (Å²) in [6.45, 7) is 3.62. The van der Waals surface area contributed by atoms with Gasteiger partial charge >= 0.3 is 5.69 Å². The number of aromatic hydroxyl groups is 1. The standard InChI is InChI=1S/C19H20N2O6S/c1-12-5-7-15(9-13(12)2)28(24,25)21-18(22)11-20(19(21)23)14-6-8-16(26-3)17(10-14)27-4/h5-11,22H,1-4H3. The summed E-state index contributed by atoms with van der Waals surface area (Å²) in [5.74, 6) is 0.111. The Hall–Kier alpha value is -3.20. The lowest BCUT2D eigenvalue weighted by molar-refractivity contribution is 0.355. The fourth-order valence-corrected chi connectivity index (χ4v) is 4.15. The Morgan fingerprint density at radius 3 is 2.21 bits per heavy atom. The SMILES string of the molecule is COc1ccc(-n2cc(O)n(S(=O)(=O)c3ccc(C)c(C)c3)c2=O)cc1OC. The second kappa shape index (κ2) is 7.08. The molecule has 0 aliphatic rings. The molecule has 0 bridgehead atoms. The molecular formula is C19H20N2O6S. The second-order valence-corrected chi connectivity index (χ2v) is 7.98. The highest BCUT2D eigenvalue weighted by molar-refractivity contribution is 7.90. The summed E-state index contributed by atoms with van der Waals surface area (Å²) in [6.07, 6.45) is 1.04. The molecule has 8 nitrogen and oxygen atoms in total. The number of ether oxygens (including phenoxy) is 2. The second-order valence-electron chi connectivity index (χ2n) is 6.19. The summed E-state index contributed by atoms with van der Waals surface area (Å²) in [7, 11) is -1.36. The van der Waals surface area contributed by atoms with E-state index in [2.05, 4.69) is 0 Å². The predicted octanol–water partition coefficient (Wildman–Crippen LogP) is 2.22. The van der Waals surface area contributed by atoms with Crippen LogP contribution in [0.5, 0.6) is 17.4 Å². The predicted molar refractivity (Wildman–Crippen MR) is 103 cm³/mol. The maximum atomic E-state index is 13.0. The summed E-state index contributed by atoms with van der Waals surface area (Å²) in [5.41, 5.74) is 1.06. The highest BCUT2D eigenvalue weighted by Crippen LogP contribution is 2.29. The first-order chi connectivity index (χ1) is 13.2. The van der Waals surface area contributed by atoms with Gasteiger partial charge in [0.1, 0.15) is 0 Å². The number of nitrogens with zero attached hydrogens (tertiary/aromatic N) is 2. The molecule has 0 unspecified atom stereocenters. The first-order valence-corrected chi connectivity index (χ1v) is 9.73. The summed E-state index contributed by atoms with van der Waals surface area (Å²) >= 11 is 0. The first-order valence-electron chi connectivity index (χ1n) is 8.29. The van der Waals surface area contributed by atoms with Crippen LogP contribution in [0, 0.1) is 13.8 Å². The lowest BCUT2D eigenvalue weighted by atomic mass is 10.1. The Morgan fingerprint density at radius 2 is 1.61 bits per heavy atom. The van der Waals surface area contributed by atoms with Gasteiger partial charge in [0.05, 0.1) is 31.0 Å². The van der Waals surface area contributed by atoms with Crippen molar-refractivity contribution in [3.63, 3.8) is 0 Å². The molecule has 0 spiro atoms. The zero-order valence-corrected chi connectivity index (χ0v) is 16.6. The highest BCUT2D eigenvalue weighted by atomic mass is 32.2. The Kier molecular flexibility index (Phi) is 4.95. The lowest BCUT2D eigenvalue weighted by Crippen LogP contribution is -2.29. The van der Waals surface area contributed by atoms with E-state index in [9.17, 15) is 18.3 Å². The summed E-state index contributed by atoms with van der Waals surface area (Å²) in [4.78, 5) is 12.7. The molecule has 1 aromatic heterocycles. The Bertz CT molecular complexity index is 1210.